The van der Waals surface area contributed by atoms with Gasteiger partial charge >= 0.3 is 6.09 Å². The lowest BCUT2D eigenvalue weighted by molar-refractivity contribution is 0.0210. The van der Waals surface area contributed by atoms with Gasteiger partial charge in [-0.15, -0.1) is 12.4 Å². The van der Waals surface area contributed by atoms with E-state index in [-0.39, 0.29) is 36.5 Å². The van der Waals surface area contributed by atoms with Crippen LogP contribution < -0.4 is 5.73 Å². The van der Waals surface area contributed by atoms with Crippen LogP contribution in [0.5, 0.6) is 0 Å². The summed E-state index contributed by atoms with van der Waals surface area (Å²) in [4.78, 5) is 14.0. The summed E-state index contributed by atoms with van der Waals surface area (Å²) in [5, 5.41) is 0. The van der Waals surface area contributed by atoms with E-state index in [0.717, 1.165) is 18.4 Å². The first-order valence-corrected chi connectivity index (χ1v) is 6.25. The molecule has 5 heteroatoms. The molecule has 1 amide bonds. The van der Waals surface area contributed by atoms with Crippen LogP contribution in [0.2, 0.25) is 0 Å². The number of hydrogen-bond donors (Lipinski definition) is 1. The van der Waals surface area contributed by atoms with Crippen LogP contribution in [0.25, 0.3) is 0 Å². The quantitative estimate of drug-likeness (QED) is 0.747. The first-order chi connectivity index (χ1) is 7.85. The molecule has 2 bridgehead atoms. The fourth-order valence-corrected chi connectivity index (χ4v) is 2.98. The molecular formula is C13H23ClN2O2. The van der Waals surface area contributed by atoms with Crippen molar-refractivity contribution in [2.24, 2.45) is 11.7 Å². The van der Waals surface area contributed by atoms with Crippen LogP contribution in [-0.2, 0) is 4.74 Å². The van der Waals surface area contributed by atoms with Crippen LogP contribution in [0.1, 0.15) is 33.6 Å². The average Bonchev–Trinajstić information content (AvgIpc) is 2.70. The van der Waals surface area contributed by atoms with Gasteiger partial charge in [-0.1, -0.05) is 6.58 Å². The Morgan fingerprint density at radius 1 is 1.50 bits per heavy atom. The Hall–Kier alpha value is -0.740. The van der Waals surface area contributed by atoms with E-state index in [1.54, 1.807) is 0 Å². The van der Waals surface area contributed by atoms with Crippen molar-refractivity contribution in [1.29, 1.82) is 0 Å². The minimum Gasteiger partial charge on any atom is -0.444 e. The van der Waals surface area contributed by atoms with Crippen LogP contribution in [-0.4, -0.2) is 35.2 Å². The molecule has 0 aromatic rings. The SMILES string of the molecule is C=C1C(CN)[C@@H]2CC[C@@H]1N2C(=O)OC(C)(C)C.Cl. The lowest BCUT2D eigenvalue weighted by atomic mass is 9.85. The van der Waals surface area contributed by atoms with E-state index in [9.17, 15) is 4.79 Å². The Morgan fingerprint density at radius 2 is 2.11 bits per heavy atom. The van der Waals surface area contributed by atoms with Crippen LogP contribution >= 0.6 is 12.4 Å². The second-order valence-corrected chi connectivity index (χ2v) is 5.97. The van der Waals surface area contributed by atoms with Crippen molar-refractivity contribution < 1.29 is 9.53 Å². The number of nitrogens with zero attached hydrogens (tertiary/aromatic N) is 1. The molecule has 2 aliphatic heterocycles. The smallest absolute Gasteiger partial charge is 0.411 e. The Balaban J connectivity index is 0.00000162. The number of halogens is 1. The molecular weight excluding hydrogens is 252 g/mol. The number of amides is 1. The van der Waals surface area contributed by atoms with Gasteiger partial charge in [-0.2, -0.15) is 0 Å². The molecule has 0 spiro atoms. The van der Waals surface area contributed by atoms with E-state index in [1.165, 1.54) is 0 Å². The lowest BCUT2D eigenvalue weighted by Gasteiger charge is -2.27. The van der Waals surface area contributed by atoms with E-state index in [1.807, 2.05) is 25.7 Å². The average molecular weight is 275 g/mol. The summed E-state index contributed by atoms with van der Waals surface area (Å²) in [6, 6.07) is 0.343. The molecule has 0 aromatic heterocycles. The molecule has 0 aromatic carbocycles. The molecule has 3 atom stereocenters. The van der Waals surface area contributed by atoms with Crippen molar-refractivity contribution in [3.05, 3.63) is 12.2 Å². The second-order valence-electron chi connectivity index (χ2n) is 5.97. The zero-order valence-electron chi connectivity index (χ0n) is 11.3. The van der Waals surface area contributed by atoms with E-state index >= 15 is 0 Å². The molecule has 2 aliphatic rings. The predicted molar refractivity (Wildman–Crippen MR) is 73.8 cm³/mol. The minimum atomic E-state index is -0.446. The molecule has 0 saturated carbocycles. The molecule has 4 nitrogen and oxygen atoms in total. The Kier molecular flexibility index (Phi) is 4.34. The minimum absolute atomic E-state index is 0. The number of ether oxygens (including phenoxy) is 1. The standard InChI is InChI=1S/C13H22N2O2.ClH/c1-8-9(7-14)11-6-5-10(8)15(11)12(16)17-13(2,3)4;/h9-11H,1,5-7,14H2,2-4H3;1H/t9?,10-,11-;/m0./s1. The highest BCUT2D eigenvalue weighted by Gasteiger charge is 2.51. The number of rotatable bonds is 1. The van der Waals surface area contributed by atoms with Gasteiger partial charge in [-0.05, 0) is 39.2 Å². The highest BCUT2D eigenvalue weighted by Crippen LogP contribution is 2.44. The van der Waals surface area contributed by atoms with Crippen molar-refractivity contribution in [3.8, 4) is 0 Å². The summed E-state index contributed by atoms with van der Waals surface area (Å²) in [5.74, 6) is 0.251. The van der Waals surface area contributed by atoms with Crippen molar-refractivity contribution in [2.45, 2.75) is 51.3 Å². The topological polar surface area (TPSA) is 55.6 Å². The van der Waals surface area contributed by atoms with Gasteiger partial charge in [-0.3, -0.25) is 4.90 Å². The Labute approximate surface area is 115 Å². The van der Waals surface area contributed by atoms with Gasteiger partial charge in [0.2, 0.25) is 0 Å². The zero-order chi connectivity index (χ0) is 12.8. The molecule has 2 heterocycles. The van der Waals surface area contributed by atoms with Crippen molar-refractivity contribution >= 4 is 18.5 Å². The van der Waals surface area contributed by atoms with Gasteiger partial charge in [-0.25, -0.2) is 4.79 Å². The van der Waals surface area contributed by atoms with Crippen LogP contribution in [0.15, 0.2) is 12.2 Å². The third-order valence-electron chi connectivity index (χ3n) is 3.66. The van der Waals surface area contributed by atoms with Crippen molar-refractivity contribution in [3.63, 3.8) is 0 Å². The van der Waals surface area contributed by atoms with E-state index < -0.39 is 5.60 Å². The third kappa shape index (κ3) is 2.50. The predicted octanol–water partition coefficient (Wildman–Crippen LogP) is 2.32. The summed E-state index contributed by atoms with van der Waals surface area (Å²) in [7, 11) is 0. The summed E-state index contributed by atoms with van der Waals surface area (Å²) in [6.07, 6.45) is 1.80. The van der Waals surface area contributed by atoms with Crippen LogP contribution in [0, 0.1) is 5.92 Å². The summed E-state index contributed by atoms with van der Waals surface area (Å²) >= 11 is 0. The first kappa shape index (κ1) is 15.3. The number of nitrogens with two attached hydrogens (primary N) is 1. The van der Waals surface area contributed by atoms with Crippen molar-refractivity contribution in [1.82, 2.24) is 4.90 Å². The van der Waals surface area contributed by atoms with Gasteiger partial charge in [0.05, 0.1) is 6.04 Å². The largest absolute Gasteiger partial charge is 0.444 e. The molecule has 1 unspecified atom stereocenters. The van der Waals surface area contributed by atoms with Crippen LogP contribution in [0.3, 0.4) is 0 Å². The van der Waals surface area contributed by atoms with Gasteiger partial charge in [0.15, 0.2) is 0 Å². The molecule has 104 valence electrons. The van der Waals surface area contributed by atoms with E-state index in [4.69, 9.17) is 10.5 Å². The Bertz CT molecular complexity index is 351. The molecule has 18 heavy (non-hydrogen) atoms. The molecule has 2 fully saturated rings. The van der Waals surface area contributed by atoms with Gasteiger partial charge in [0.25, 0.3) is 0 Å². The second kappa shape index (κ2) is 5.10. The number of hydrogen-bond acceptors (Lipinski definition) is 3. The molecule has 0 radical (unpaired) electrons. The van der Waals surface area contributed by atoms with Gasteiger partial charge in [0.1, 0.15) is 5.60 Å². The normalized spacial score (nSPS) is 30.3. The van der Waals surface area contributed by atoms with Gasteiger partial charge < -0.3 is 10.5 Å². The summed E-state index contributed by atoms with van der Waals surface area (Å²) < 4.78 is 5.45. The highest BCUT2D eigenvalue weighted by atomic mass is 35.5. The fraction of sp³-hybridized carbons (Fsp3) is 0.769. The van der Waals surface area contributed by atoms with Gasteiger partial charge in [0, 0.05) is 18.5 Å². The number of carbonyl (C=O) groups excluding carboxylic acids is 1. The monoisotopic (exact) mass is 274 g/mol. The number of carbonyl (C=O) groups is 1. The lowest BCUT2D eigenvalue weighted by Crippen LogP contribution is -2.41. The maximum absolute atomic E-state index is 12.2. The molecule has 0 aliphatic carbocycles. The molecule has 2 saturated heterocycles. The maximum atomic E-state index is 12.2. The highest BCUT2D eigenvalue weighted by molar-refractivity contribution is 5.85. The van der Waals surface area contributed by atoms with Crippen LogP contribution in [0.4, 0.5) is 4.79 Å². The number of fused-ring (bicyclic) bond motifs is 2. The summed E-state index contributed by atoms with van der Waals surface area (Å²) in [5.41, 5.74) is 6.42. The Morgan fingerprint density at radius 3 is 2.56 bits per heavy atom. The first-order valence-electron chi connectivity index (χ1n) is 6.25. The van der Waals surface area contributed by atoms with E-state index in [0.29, 0.717) is 6.54 Å². The molecule has 2 rings (SSSR count). The van der Waals surface area contributed by atoms with E-state index in [2.05, 4.69) is 6.58 Å². The molecule has 2 N–H and O–H groups in total. The maximum Gasteiger partial charge on any atom is 0.411 e. The zero-order valence-corrected chi connectivity index (χ0v) is 12.1. The van der Waals surface area contributed by atoms with Crippen molar-refractivity contribution in [2.75, 3.05) is 6.54 Å². The third-order valence-corrected chi connectivity index (χ3v) is 3.66. The fourth-order valence-electron chi connectivity index (χ4n) is 2.98. The summed E-state index contributed by atoms with van der Waals surface area (Å²) in [6.45, 7) is 10.3.